The monoisotopic (exact) mass is 368 g/mol. The van der Waals surface area contributed by atoms with E-state index in [4.69, 9.17) is 9.52 Å². The van der Waals surface area contributed by atoms with Crippen LogP contribution in [0.2, 0.25) is 0 Å². The maximum Gasteiger partial charge on any atom is 0.339 e. The summed E-state index contributed by atoms with van der Waals surface area (Å²) in [5.74, 6) is -0.685. The largest absolute Gasteiger partial charge is 0.478 e. The molecule has 27 heavy (non-hydrogen) atoms. The molecule has 0 unspecified atom stereocenters. The van der Waals surface area contributed by atoms with Gasteiger partial charge >= 0.3 is 5.97 Å². The quantitative estimate of drug-likeness (QED) is 0.743. The van der Waals surface area contributed by atoms with E-state index in [9.17, 15) is 9.59 Å². The minimum Gasteiger partial charge on any atom is -0.478 e. The van der Waals surface area contributed by atoms with E-state index < -0.39 is 5.97 Å². The second kappa shape index (κ2) is 7.06. The number of nitrogens with zero attached hydrogens (tertiary/aromatic N) is 4. The van der Waals surface area contributed by atoms with Gasteiger partial charge in [0.25, 0.3) is 5.91 Å². The van der Waals surface area contributed by atoms with E-state index in [1.54, 1.807) is 25.6 Å². The summed E-state index contributed by atoms with van der Waals surface area (Å²) >= 11 is 0. The predicted octanol–water partition coefficient (Wildman–Crippen LogP) is 2.76. The molecule has 0 saturated heterocycles. The molecular formula is C19H20N4O4. The number of carboxylic acid groups (broad SMARTS) is 1. The number of carbonyl (C=O) groups is 2. The molecule has 3 rings (SSSR count). The van der Waals surface area contributed by atoms with Gasteiger partial charge < -0.3 is 14.4 Å². The third kappa shape index (κ3) is 3.59. The standard InChI is InChI=1S/C19H20N4O4/c1-11-6-5-7-14(8-11)23-12(2)17(20-21-23)18(24)22(4)10-15-9-16(19(25)26)13(3)27-15/h5-9H,10H2,1-4H3,(H,25,26). The summed E-state index contributed by atoms with van der Waals surface area (Å²) < 4.78 is 7.05. The van der Waals surface area contributed by atoms with Crippen molar-refractivity contribution in [2.45, 2.75) is 27.3 Å². The van der Waals surface area contributed by atoms with Crippen LogP contribution in [0.4, 0.5) is 0 Å². The number of furan rings is 1. The fraction of sp³-hybridized carbons (Fsp3) is 0.263. The van der Waals surface area contributed by atoms with Crippen molar-refractivity contribution in [3.05, 3.63) is 64.4 Å². The molecule has 0 radical (unpaired) electrons. The molecule has 0 aliphatic heterocycles. The zero-order valence-corrected chi connectivity index (χ0v) is 15.6. The number of carbonyl (C=O) groups excluding carboxylic acids is 1. The minimum absolute atomic E-state index is 0.0902. The number of rotatable bonds is 5. The lowest BCUT2D eigenvalue weighted by atomic mass is 10.2. The van der Waals surface area contributed by atoms with Crippen molar-refractivity contribution in [3.63, 3.8) is 0 Å². The Morgan fingerprint density at radius 1 is 1.22 bits per heavy atom. The molecule has 3 aromatic rings. The summed E-state index contributed by atoms with van der Waals surface area (Å²) in [5, 5.41) is 17.2. The van der Waals surface area contributed by atoms with Gasteiger partial charge in [0, 0.05) is 7.05 Å². The number of hydrogen-bond acceptors (Lipinski definition) is 5. The number of aromatic nitrogens is 3. The SMILES string of the molecule is Cc1cccc(-n2nnc(C(=O)N(C)Cc3cc(C(=O)O)c(C)o3)c2C)c1. The average Bonchev–Trinajstić information content (AvgIpc) is 3.17. The molecule has 140 valence electrons. The Morgan fingerprint density at radius 3 is 2.59 bits per heavy atom. The molecule has 0 fully saturated rings. The van der Waals surface area contributed by atoms with Crippen molar-refractivity contribution in [1.29, 1.82) is 0 Å². The molecule has 8 nitrogen and oxygen atoms in total. The summed E-state index contributed by atoms with van der Waals surface area (Å²) in [6, 6.07) is 9.17. The van der Waals surface area contributed by atoms with Crippen LogP contribution in [-0.2, 0) is 6.54 Å². The second-order valence-corrected chi connectivity index (χ2v) is 6.42. The highest BCUT2D eigenvalue weighted by Crippen LogP contribution is 2.18. The van der Waals surface area contributed by atoms with Crippen LogP contribution in [-0.4, -0.2) is 43.9 Å². The highest BCUT2D eigenvalue weighted by Gasteiger charge is 2.23. The second-order valence-electron chi connectivity index (χ2n) is 6.42. The van der Waals surface area contributed by atoms with Gasteiger partial charge in [-0.05, 0) is 44.5 Å². The van der Waals surface area contributed by atoms with Gasteiger partial charge in [-0.2, -0.15) is 0 Å². The van der Waals surface area contributed by atoms with Crippen molar-refractivity contribution in [2.24, 2.45) is 0 Å². The zero-order valence-electron chi connectivity index (χ0n) is 15.6. The van der Waals surface area contributed by atoms with Gasteiger partial charge in [0.2, 0.25) is 0 Å². The van der Waals surface area contributed by atoms with Gasteiger partial charge in [0.1, 0.15) is 17.1 Å². The molecular weight excluding hydrogens is 348 g/mol. The molecule has 0 atom stereocenters. The smallest absolute Gasteiger partial charge is 0.339 e. The van der Waals surface area contributed by atoms with Crippen LogP contribution in [0.25, 0.3) is 5.69 Å². The summed E-state index contributed by atoms with van der Waals surface area (Å²) in [5.41, 5.74) is 2.86. The summed E-state index contributed by atoms with van der Waals surface area (Å²) in [7, 11) is 1.60. The molecule has 1 aromatic carbocycles. The topological polar surface area (TPSA) is 101 Å². The molecule has 8 heteroatoms. The highest BCUT2D eigenvalue weighted by atomic mass is 16.4. The van der Waals surface area contributed by atoms with Gasteiger partial charge in [-0.3, -0.25) is 4.79 Å². The fourth-order valence-corrected chi connectivity index (χ4v) is 2.85. The Hall–Kier alpha value is -3.42. The summed E-state index contributed by atoms with van der Waals surface area (Å²) in [4.78, 5) is 25.3. The zero-order chi connectivity index (χ0) is 19.7. The van der Waals surface area contributed by atoms with E-state index in [0.29, 0.717) is 17.2 Å². The Bertz CT molecular complexity index is 1020. The van der Waals surface area contributed by atoms with Crippen molar-refractivity contribution in [3.8, 4) is 5.69 Å². The van der Waals surface area contributed by atoms with Crippen LogP contribution in [0.5, 0.6) is 0 Å². The lowest BCUT2D eigenvalue weighted by Crippen LogP contribution is -2.27. The van der Waals surface area contributed by atoms with Crippen molar-refractivity contribution in [2.75, 3.05) is 7.05 Å². The number of hydrogen-bond donors (Lipinski definition) is 1. The van der Waals surface area contributed by atoms with Crippen LogP contribution in [0, 0.1) is 20.8 Å². The maximum atomic E-state index is 12.8. The Balaban J connectivity index is 1.81. The third-order valence-electron chi connectivity index (χ3n) is 4.28. The highest BCUT2D eigenvalue weighted by molar-refractivity contribution is 5.93. The minimum atomic E-state index is -1.06. The van der Waals surface area contributed by atoms with Crippen molar-refractivity contribution in [1.82, 2.24) is 19.9 Å². The Labute approximate surface area is 156 Å². The molecule has 2 aromatic heterocycles. The first-order chi connectivity index (χ1) is 12.8. The van der Waals surface area contributed by atoms with Gasteiger partial charge in [-0.1, -0.05) is 17.3 Å². The number of benzene rings is 1. The predicted molar refractivity (Wildman–Crippen MR) is 97.0 cm³/mol. The van der Waals surface area contributed by atoms with Crippen molar-refractivity contribution < 1.29 is 19.1 Å². The molecule has 0 aliphatic carbocycles. The summed E-state index contributed by atoms with van der Waals surface area (Å²) in [6.07, 6.45) is 0. The molecule has 2 heterocycles. The summed E-state index contributed by atoms with van der Waals surface area (Å²) in [6.45, 7) is 5.46. The van der Waals surface area contributed by atoms with E-state index in [2.05, 4.69) is 10.3 Å². The lowest BCUT2D eigenvalue weighted by Gasteiger charge is -2.14. The van der Waals surface area contributed by atoms with E-state index in [0.717, 1.165) is 11.3 Å². The number of aryl methyl sites for hydroxylation is 2. The first-order valence-electron chi connectivity index (χ1n) is 8.35. The Morgan fingerprint density at radius 2 is 1.96 bits per heavy atom. The number of aromatic carboxylic acids is 1. The molecule has 0 spiro atoms. The molecule has 1 amide bonds. The third-order valence-corrected chi connectivity index (χ3v) is 4.28. The van der Waals surface area contributed by atoms with E-state index >= 15 is 0 Å². The normalized spacial score (nSPS) is 10.8. The van der Waals surface area contributed by atoms with E-state index in [1.165, 1.54) is 11.0 Å². The van der Waals surface area contributed by atoms with E-state index in [1.807, 2.05) is 31.2 Å². The number of amides is 1. The lowest BCUT2D eigenvalue weighted by molar-refractivity contribution is 0.0694. The maximum absolute atomic E-state index is 12.8. The van der Waals surface area contributed by atoms with Gasteiger partial charge in [0.15, 0.2) is 5.69 Å². The van der Waals surface area contributed by atoms with Gasteiger partial charge in [-0.25, -0.2) is 9.48 Å². The van der Waals surface area contributed by atoms with Crippen LogP contribution in [0.3, 0.4) is 0 Å². The van der Waals surface area contributed by atoms with Crippen LogP contribution < -0.4 is 0 Å². The van der Waals surface area contributed by atoms with E-state index in [-0.39, 0.29) is 23.7 Å². The van der Waals surface area contributed by atoms with Gasteiger partial charge in [0.05, 0.1) is 17.9 Å². The van der Waals surface area contributed by atoms with Gasteiger partial charge in [-0.15, -0.1) is 5.10 Å². The first kappa shape index (κ1) is 18.4. The molecule has 0 saturated carbocycles. The van der Waals surface area contributed by atoms with Crippen LogP contribution in [0.15, 0.2) is 34.7 Å². The first-order valence-corrected chi connectivity index (χ1v) is 8.35. The average molecular weight is 368 g/mol. The number of carboxylic acids is 1. The van der Waals surface area contributed by atoms with Crippen LogP contribution >= 0.6 is 0 Å². The van der Waals surface area contributed by atoms with Crippen LogP contribution in [0.1, 0.15) is 43.6 Å². The molecule has 1 N–H and O–H groups in total. The molecule has 0 bridgehead atoms. The molecule has 0 aliphatic rings. The fourth-order valence-electron chi connectivity index (χ4n) is 2.85. The Kier molecular flexibility index (Phi) is 4.81. The van der Waals surface area contributed by atoms with Crippen molar-refractivity contribution >= 4 is 11.9 Å².